The predicted octanol–water partition coefficient (Wildman–Crippen LogP) is 4.81. The molecule has 5 nitrogen and oxygen atoms in total. The molecule has 4 N–H and O–H groups in total. The van der Waals surface area contributed by atoms with Gasteiger partial charge in [0.25, 0.3) is 0 Å². The minimum absolute atomic E-state index is 0.0880. The molecule has 0 unspecified atom stereocenters. The summed E-state index contributed by atoms with van der Waals surface area (Å²) in [6.07, 6.45) is 0. The maximum absolute atomic E-state index is 6.14. The fourth-order valence-electron chi connectivity index (χ4n) is 2.57. The number of ether oxygens (including phenoxy) is 1. The number of aryl methyl sites for hydroxylation is 2. The normalized spacial score (nSPS) is 10.8. The molecule has 0 fully saturated rings. The summed E-state index contributed by atoms with van der Waals surface area (Å²) in [4.78, 5) is 8.36. The summed E-state index contributed by atoms with van der Waals surface area (Å²) in [6, 6.07) is 11.1. The van der Waals surface area contributed by atoms with Crippen LogP contribution in [0.5, 0.6) is 5.75 Å². The van der Waals surface area contributed by atoms with Crippen molar-refractivity contribution >= 4 is 35.0 Å². The molecule has 2 aromatic carbocycles. The SMILES string of the molecule is Cc1ccc(OCc2nc(N)nc(N)c2-c2ccc(Cl)c(Cl)c2)cc1C. The maximum atomic E-state index is 6.14. The van der Waals surface area contributed by atoms with E-state index in [0.717, 1.165) is 16.9 Å². The lowest BCUT2D eigenvalue weighted by Gasteiger charge is -2.14. The van der Waals surface area contributed by atoms with E-state index in [0.29, 0.717) is 21.3 Å². The van der Waals surface area contributed by atoms with Gasteiger partial charge >= 0.3 is 0 Å². The van der Waals surface area contributed by atoms with Gasteiger partial charge in [-0.15, -0.1) is 0 Å². The van der Waals surface area contributed by atoms with Gasteiger partial charge in [0, 0.05) is 5.56 Å². The number of nitrogens with zero attached hydrogens (tertiary/aromatic N) is 2. The lowest BCUT2D eigenvalue weighted by atomic mass is 10.0. The first-order valence-corrected chi connectivity index (χ1v) is 8.68. The molecule has 0 atom stereocenters. The Morgan fingerprint density at radius 1 is 0.923 bits per heavy atom. The van der Waals surface area contributed by atoms with Crippen LogP contribution in [0.15, 0.2) is 36.4 Å². The van der Waals surface area contributed by atoms with Crippen molar-refractivity contribution in [1.29, 1.82) is 0 Å². The highest BCUT2D eigenvalue weighted by molar-refractivity contribution is 6.42. The molecular weight excluding hydrogens is 371 g/mol. The van der Waals surface area contributed by atoms with Crippen LogP contribution in [0.2, 0.25) is 10.0 Å². The van der Waals surface area contributed by atoms with E-state index in [9.17, 15) is 0 Å². The monoisotopic (exact) mass is 388 g/mol. The number of nitrogen functional groups attached to an aromatic ring is 2. The lowest BCUT2D eigenvalue weighted by molar-refractivity contribution is 0.301. The summed E-state index contributed by atoms with van der Waals surface area (Å²) in [7, 11) is 0. The van der Waals surface area contributed by atoms with Crippen LogP contribution in [0.4, 0.5) is 11.8 Å². The molecule has 0 bridgehead atoms. The Labute approximate surface area is 161 Å². The van der Waals surface area contributed by atoms with Gasteiger partial charge in [-0.05, 0) is 54.8 Å². The molecule has 0 aliphatic carbocycles. The number of hydrogen-bond acceptors (Lipinski definition) is 5. The average Bonchev–Trinajstić information content (AvgIpc) is 2.58. The number of benzene rings is 2. The minimum atomic E-state index is 0.0880. The van der Waals surface area contributed by atoms with E-state index in [1.54, 1.807) is 18.2 Å². The van der Waals surface area contributed by atoms with Crippen LogP contribution in [0.3, 0.4) is 0 Å². The van der Waals surface area contributed by atoms with E-state index in [1.165, 1.54) is 5.56 Å². The van der Waals surface area contributed by atoms with Crippen molar-refractivity contribution in [2.24, 2.45) is 0 Å². The molecule has 0 aliphatic rings. The second-order valence-corrected chi connectivity index (χ2v) is 6.77. The third-order valence-electron chi connectivity index (χ3n) is 4.09. The summed E-state index contributed by atoms with van der Waals surface area (Å²) < 4.78 is 5.89. The van der Waals surface area contributed by atoms with Crippen LogP contribution in [0.25, 0.3) is 11.1 Å². The highest BCUT2D eigenvalue weighted by Crippen LogP contribution is 2.33. The number of hydrogen-bond donors (Lipinski definition) is 2. The Balaban J connectivity index is 1.97. The van der Waals surface area contributed by atoms with Crippen LogP contribution in [-0.2, 0) is 6.61 Å². The summed E-state index contributed by atoms with van der Waals surface area (Å²) in [6.45, 7) is 4.27. The fraction of sp³-hybridized carbons (Fsp3) is 0.158. The van der Waals surface area contributed by atoms with Crippen LogP contribution >= 0.6 is 23.2 Å². The Hall–Kier alpha value is -2.50. The average molecular weight is 389 g/mol. The Morgan fingerprint density at radius 3 is 2.38 bits per heavy atom. The molecule has 1 aromatic heterocycles. The molecule has 0 radical (unpaired) electrons. The number of anilines is 2. The molecule has 0 spiro atoms. The molecule has 26 heavy (non-hydrogen) atoms. The Morgan fingerprint density at radius 2 is 1.69 bits per heavy atom. The molecule has 0 aliphatic heterocycles. The number of halogens is 2. The minimum Gasteiger partial charge on any atom is -0.487 e. The summed E-state index contributed by atoms with van der Waals surface area (Å²) >= 11 is 12.1. The van der Waals surface area contributed by atoms with E-state index in [-0.39, 0.29) is 18.4 Å². The van der Waals surface area contributed by atoms with Crippen molar-refractivity contribution in [2.75, 3.05) is 11.5 Å². The highest BCUT2D eigenvalue weighted by atomic mass is 35.5. The highest BCUT2D eigenvalue weighted by Gasteiger charge is 2.15. The van der Waals surface area contributed by atoms with E-state index < -0.39 is 0 Å². The van der Waals surface area contributed by atoms with Crippen molar-refractivity contribution in [3.05, 3.63) is 63.3 Å². The molecular formula is C19H18Cl2N4O. The smallest absolute Gasteiger partial charge is 0.222 e. The van der Waals surface area contributed by atoms with Gasteiger partial charge in [-0.1, -0.05) is 35.3 Å². The molecule has 7 heteroatoms. The van der Waals surface area contributed by atoms with E-state index in [1.807, 2.05) is 32.0 Å². The van der Waals surface area contributed by atoms with Crippen molar-refractivity contribution < 1.29 is 4.74 Å². The Bertz CT molecular complexity index is 976. The van der Waals surface area contributed by atoms with Crippen LogP contribution in [0.1, 0.15) is 16.8 Å². The van der Waals surface area contributed by atoms with E-state index >= 15 is 0 Å². The number of rotatable bonds is 4. The van der Waals surface area contributed by atoms with Crippen LogP contribution in [-0.4, -0.2) is 9.97 Å². The van der Waals surface area contributed by atoms with Gasteiger partial charge in [0.1, 0.15) is 18.2 Å². The summed E-state index contributed by atoms with van der Waals surface area (Å²) in [5.74, 6) is 1.09. The first kappa shape index (κ1) is 18.3. The fourth-order valence-corrected chi connectivity index (χ4v) is 2.87. The predicted molar refractivity (Wildman–Crippen MR) is 107 cm³/mol. The zero-order valence-electron chi connectivity index (χ0n) is 14.4. The van der Waals surface area contributed by atoms with Crippen molar-refractivity contribution in [2.45, 2.75) is 20.5 Å². The third-order valence-corrected chi connectivity index (χ3v) is 4.83. The van der Waals surface area contributed by atoms with Gasteiger partial charge < -0.3 is 16.2 Å². The van der Waals surface area contributed by atoms with Gasteiger partial charge in [-0.3, -0.25) is 0 Å². The van der Waals surface area contributed by atoms with E-state index in [4.69, 9.17) is 39.4 Å². The van der Waals surface area contributed by atoms with Gasteiger partial charge in [0.15, 0.2) is 0 Å². The molecule has 0 saturated heterocycles. The lowest BCUT2D eigenvalue weighted by Crippen LogP contribution is -2.09. The van der Waals surface area contributed by atoms with Gasteiger partial charge in [0.2, 0.25) is 5.95 Å². The molecule has 3 aromatic rings. The zero-order chi connectivity index (χ0) is 18.8. The van der Waals surface area contributed by atoms with Crippen molar-refractivity contribution in [1.82, 2.24) is 9.97 Å². The first-order chi connectivity index (χ1) is 12.3. The van der Waals surface area contributed by atoms with Crippen LogP contribution < -0.4 is 16.2 Å². The van der Waals surface area contributed by atoms with Gasteiger partial charge in [0.05, 0.1) is 15.7 Å². The summed E-state index contributed by atoms with van der Waals surface area (Å²) in [5, 5.41) is 0.875. The second kappa shape index (κ2) is 7.40. The van der Waals surface area contributed by atoms with Crippen molar-refractivity contribution in [3.63, 3.8) is 0 Å². The topological polar surface area (TPSA) is 87.0 Å². The largest absolute Gasteiger partial charge is 0.487 e. The third kappa shape index (κ3) is 3.84. The van der Waals surface area contributed by atoms with Crippen molar-refractivity contribution in [3.8, 4) is 16.9 Å². The van der Waals surface area contributed by atoms with E-state index in [2.05, 4.69) is 9.97 Å². The number of nitrogens with two attached hydrogens (primary N) is 2. The molecule has 134 valence electrons. The van der Waals surface area contributed by atoms with Gasteiger partial charge in [-0.2, -0.15) is 4.98 Å². The molecule has 0 amide bonds. The first-order valence-electron chi connectivity index (χ1n) is 7.92. The quantitative estimate of drug-likeness (QED) is 0.669. The van der Waals surface area contributed by atoms with Gasteiger partial charge in [-0.25, -0.2) is 4.98 Å². The molecule has 1 heterocycles. The second-order valence-electron chi connectivity index (χ2n) is 5.95. The molecule has 3 rings (SSSR count). The zero-order valence-corrected chi connectivity index (χ0v) is 15.9. The standard InChI is InChI=1S/C19H18Cl2N4O/c1-10-3-5-13(7-11(10)2)26-9-16-17(18(22)25-19(23)24-16)12-4-6-14(20)15(21)8-12/h3-8H,9H2,1-2H3,(H4,22,23,24,25). The maximum Gasteiger partial charge on any atom is 0.222 e. The van der Waals surface area contributed by atoms with Crippen LogP contribution in [0, 0.1) is 13.8 Å². The molecule has 0 saturated carbocycles. The Kier molecular flexibility index (Phi) is 5.20. The number of aromatic nitrogens is 2. The summed E-state index contributed by atoms with van der Waals surface area (Å²) in [5.41, 5.74) is 16.2.